The Morgan fingerprint density at radius 1 is 1.86 bits per heavy atom. The molecule has 0 aliphatic rings. The molecule has 1 amide bonds. The van der Waals surface area contributed by atoms with Gasteiger partial charge in [0, 0.05) is 6.92 Å². The molecule has 0 aromatic heterocycles. The summed E-state index contributed by atoms with van der Waals surface area (Å²) in [6.07, 6.45) is 1.06. The Morgan fingerprint density at radius 3 is 2.29 bits per heavy atom. The van der Waals surface area contributed by atoms with Gasteiger partial charge in [-0.2, -0.15) is 0 Å². The molecule has 0 aromatic rings. The quantitative estimate of drug-likeness (QED) is 0.260. The van der Waals surface area contributed by atoms with Crippen LogP contribution in [-0.4, -0.2) is 11.0 Å². The predicted octanol–water partition coefficient (Wildman–Crippen LogP) is -0.900. The normalized spacial score (nSPS) is 11.3. The van der Waals surface area contributed by atoms with Crippen molar-refractivity contribution < 1.29 is 9.90 Å². The van der Waals surface area contributed by atoms with Gasteiger partial charge in [-0.25, -0.2) is 0 Å². The van der Waals surface area contributed by atoms with E-state index in [1.165, 1.54) is 6.92 Å². The molecule has 0 bridgehead atoms. The van der Waals surface area contributed by atoms with Gasteiger partial charge in [0.2, 0.25) is 11.7 Å². The number of nitrogens with two attached hydrogens (primary N) is 1. The van der Waals surface area contributed by atoms with E-state index in [1.54, 1.807) is 0 Å². The topological polar surface area (TPSA) is 66.0 Å². The molecule has 0 aliphatic heterocycles. The lowest BCUT2D eigenvalue weighted by atomic mass is 10.5. The molecule has 0 saturated carbocycles. The minimum Gasteiger partial charge on any atom is -0.596 e. The van der Waals surface area contributed by atoms with Crippen LogP contribution in [0.3, 0.4) is 0 Å². The van der Waals surface area contributed by atoms with Gasteiger partial charge in [0.15, 0.2) is 0 Å². The Labute approximate surface area is 41.4 Å². The van der Waals surface area contributed by atoms with Crippen LogP contribution < -0.4 is 5.73 Å². The lowest BCUT2D eigenvalue weighted by Gasteiger charge is -1.77. The van der Waals surface area contributed by atoms with Gasteiger partial charge >= 0.3 is 0 Å². The molecule has 0 radical (unpaired) electrons. The zero-order valence-corrected chi connectivity index (χ0v) is 4.06. The van der Waals surface area contributed by atoms with E-state index < -0.39 is 5.91 Å². The van der Waals surface area contributed by atoms with Crippen LogP contribution in [0.5, 0.6) is 0 Å². The Morgan fingerprint density at radius 2 is 2.29 bits per heavy atom. The largest absolute Gasteiger partial charge is 0.596 e. The van der Waals surface area contributed by atoms with Crippen molar-refractivity contribution in [2.24, 2.45) is 5.73 Å². The fourth-order valence-corrected chi connectivity index (χ4v) is 0.213. The fourth-order valence-electron chi connectivity index (χ4n) is 0.213. The van der Waals surface area contributed by atoms with Crippen molar-refractivity contribution in [3.8, 4) is 0 Å². The number of carbonyl (C=O) groups is 1. The average molecular weight is 102 g/mol. The number of rotatable bonds is 1. The lowest BCUT2D eigenvalue weighted by Crippen LogP contribution is -2.06. The van der Waals surface area contributed by atoms with E-state index >= 15 is 0 Å². The number of allylic oxidation sites excluding steroid dienone is 1. The first kappa shape index (κ1) is 6.01. The summed E-state index contributed by atoms with van der Waals surface area (Å²) in [6.45, 7) is 1.49. The first-order valence-corrected chi connectivity index (χ1v) is 1.82. The monoisotopic (exact) mass is 102 g/mol. The first-order chi connectivity index (χ1) is 3.13. The molecular formula is C4H8NO2+. The molecule has 0 rings (SSSR count). The molecule has 0 saturated heterocycles. The van der Waals surface area contributed by atoms with Crippen molar-refractivity contribution >= 4 is 5.91 Å². The molecule has 0 aliphatic carbocycles. The molecule has 7 heavy (non-hydrogen) atoms. The number of primary amides is 1. The van der Waals surface area contributed by atoms with Gasteiger partial charge in [-0.1, -0.05) is 0 Å². The summed E-state index contributed by atoms with van der Waals surface area (Å²) in [5, 5.41) is 6.67. The van der Waals surface area contributed by atoms with E-state index in [2.05, 4.69) is 5.73 Å². The van der Waals surface area contributed by atoms with Crippen LogP contribution in [0.2, 0.25) is 0 Å². The average Bonchev–Trinajstić information content (AvgIpc) is 1.27. The van der Waals surface area contributed by atoms with Gasteiger partial charge in [0.1, 0.15) is 0 Å². The maximum Gasteiger partial charge on any atom is 0.250 e. The molecule has 0 heterocycles. The summed E-state index contributed by atoms with van der Waals surface area (Å²) in [5.41, 5.74) is 4.66. The third-order valence-corrected chi connectivity index (χ3v) is 0.359. The number of hydrogen-bond acceptors (Lipinski definition) is 1. The van der Waals surface area contributed by atoms with Gasteiger partial charge in [0.25, 0.3) is 0 Å². The van der Waals surface area contributed by atoms with Crippen LogP contribution in [0.4, 0.5) is 0 Å². The molecule has 0 atom stereocenters. The van der Waals surface area contributed by atoms with Crippen molar-refractivity contribution in [2.45, 2.75) is 6.92 Å². The Hall–Kier alpha value is -0.990. The first-order valence-electron chi connectivity index (χ1n) is 1.82. The highest BCUT2D eigenvalue weighted by Crippen LogP contribution is 1.79. The zero-order valence-electron chi connectivity index (χ0n) is 4.06. The second-order valence-electron chi connectivity index (χ2n) is 1.23. The summed E-state index contributed by atoms with van der Waals surface area (Å²) in [5.74, 6) is -0.375. The van der Waals surface area contributed by atoms with E-state index in [-0.39, 0.29) is 5.76 Å². The second-order valence-corrected chi connectivity index (χ2v) is 1.23. The maximum absolute atomic E-state index is 9.84. The molecule has 0 aromatic carbocycles. The molecule has 0 spiro atoms. The minimum atomic E-state index is -0.562. The minimum absolute atomic E-state index is 0.188. The van der Waals surface area contributed by atoms with E-state index in [9.17, 15) is 4.79 Å². The van der Waals surface area contributed by atoms with E-state index in [4.69, 9.17) is 5.11 Å². The fraction of sp³-hybridized carbons (Fsp3) is 0.250. The van der Waals surface area contributed by atoms with Crippen molar-refractivity contribution in [1.82, 2.24) is 0 Å². The van der Waals surface area contributed by atoms with Gasteiger partial charge in [0.05, 0.1) is 6.08 Å². The van der Waals surface area contributed by atoms with Crippen LogP contribution in [0.25, 0.3) is 0 Å². The summed E-state index contributed by atoms with van der Waals surface area (Å²) in [4.78, 5) is 9.84. The van der Waals surface area contributed by atoms with E-state index in [0.29, 0.717) is 0 Å². The number of amides is 1. The summed E-state index contributed by atoms with van der Waals surface area (Å²) in [6, 6.07) is 0. The van der Waals surface area contributed by atoms with Crippen LogP contribution in [0.1, 0.15) is 6.92 Å². The summed E-state index contributed by atoms with van der Waals surface area (Å²) >= 11 is 0. The number of hydrogen-bond donors (Lipinski definition) is 1. The summed E-state index contributed by atoms with van der Waals surface area (Å²) < 4.78 is 0. The van der Waals surface area contributed by atoms with Crippen molar-refractivity contribution in [3.05, 3.63) is 11.8 Å². The van der Waals surface area contributed by atoms with Gasteiger partial charge in [-0.15, -0.1) is 0 Å². The van der Waals surface area contributed by atoms with Gasteiger partial charge < -0.3 is 10.8 Å². The maximum atomic E-state index is 9.84. The van der Waals surface area contributed by atoms with Crippen LogP contribution >= 0.6 is 0 Å². The molecule has 0 fully saturated rings. The predicted molar refractivity (Wildman–Crippen MR) is 26.6 cm³/mol. The van der Waals surface area contributed by atoms with Crippen molar-refractivity contribution in [3.63, 3.8) is 0 Å². The molecule has 0 unspecified atom stereocenters. The van der Waals surface area contributed by atoms with Crippen molar-refractivity contribution in [2.75, 3.05) is 0 Å². The van der Waals surface area contributed by atoms with Gasteiger partial charge in [-0.05, 0) is 0 Å². The summed E-state index contributed by atoms with van der Waals surface area (Å²) in [7, 11) is 0. The smallest absolute Gasteiger partial charge is 0.250 e. The SMILES string of the molecule is C/C([OH2+])=C/C(N)=O. The third kappa shape index (κ3) is 5.01. The van der Waals surface area contributed by atoms with E-state index in [1.807, 2.05) is 0 Å². The van der Waals surface area contributed by atoms with Crippen molar-refractivity contribution in [1.29, 1.82) is 0 Å². The third-order valence-electron chi connectivity index (χ3n) is 0.359. The molecular weight excluding hydrogens is 94.0 g/mol. The molecule has 3 heteroatoms. The highest BCUT2D eigenvalue weighted by molar-refractivity contribution is 5.85. The second kappa shape index (κ2) is 2.23. The van der Waals surface area contributed by atoms with Crippen LogP contribution in [0.15, 0.2) is 11.8 Å². The van der Waals surface area contributed by atoms with Crippen LogP contribution in [0, 0.1) is 0 Å². The van der Waals surface area contributed by atoms with Crippen LogP contribution in [-0.2, 0) is 4.79 Å². The number of carbonyl (C=O) groups excluding carboxylic acids is 1. The highest BCUT2D eigenvalue weighted by atomic mass is 16.3. The highest BCUT2D eigenvalue weighted by Gasteiger charge is 1.88. The standard InChI is InChI=1S/C4H7NO2/c1-3(6)2-4(5)7/h2,6H,1H3,(H2,5,7)/p+1/b3-2-. The Balaban J connectivity index is 3.68. The Kier molecular flexibility index (Phi) is 1.91. The molecule has 3 nitrogen and oxygen atoms in total. The Bertz CT molecular complexity index is 102. The molecule has 4 N–H and O–H groups in total. The molecule has 40 valence electrons. The van der Waals surface area contributed by atoms with Gasteiger partial charge in [-0.3, -0.25) is 4.79 Å². The van der Waals surface area contributed by atoms with E-state index in [0.717, 1.165) is 6.08 Å². The lowest BCUT2D eigenvalue weighted by molar-refractivity contribution is -0.113. The zero-order chi connectivity index (χ0) is 5.86.